The van der Waals surface area contributed by atoms with Crippen molar-refractivity contribution in [2.24, 2.45) is 0 Å². The van der Waals surface area contributed by atoms with Gasteiger partial charge in [0.15, 0.2) is 6.17 Å². The van der Waals surface area contributed by atoms with Gasteiger partial charge in [-0.1, -0.05) is 0 Å². The van der Waals surface area contributed by atoms with Gasteiger partial charge in [-0.2, -0.15) is 17.6 Å². The summed E-state index contributed by atoms with van der Waals surface area (Å²) in [5, 5.41) is 0. The van der Waals surface area contributed by atoms with E-state index >= 15 is 0 Å². The lowest BCUT2D eigenvalue weighted by molar-refractivity contribution is -0.283. The van der Waals surface area contributed by atoms with Crippen molar-refractivity contribution in [2.45, 2.75) is 29.3 Å². The predicted octanol–water partition coefficient (Wildman–Crippen LogP) is 3.66. The van der Waals surface area contributed by atoms with Gasteiger partial charge in [-0.25, -0.2) is 13.2 Å². The fourth-order valence-corrected chi connectivity index (χ4v) is 0.804. The first-order chi connectivity index (χ1) is 6.05. The molecule has 0 rings (SSSR count). The summed E-state index contributed by atoms with van der Waals surface area (Å²) in [6.45, 7) is 0. The van der Waals surface area contributed by atoms with Gasteiger partial charge in [0.25, 0.3) is 0 Å². The second-order valence-corrected chi connectivity index (χ2v) is 3.45. The third-order valence-electron chi connectivity index (χ3n) is 1.29. The largest absolute Gasteiger partial charge is 0.372 e. The van der Waals surface area contributed by atoms with Gasteiger partial charge in [-0.15, -0.1) is 23.2 Å². The molecule has 0 amide bonds. The molecule has 0 aliphatic rings. The second kappa shape index (κ2) is 4.30. The van der Waals surface area contributed by atoms with Gasteiger partial charge < -0.3 is 0 Å². The number of halogens is 9. The standard InChI is InChI=1S/C5H3Cl2F7/c6-2(7)1(8)4(11,12)5(13,14)3(9)10/h1-3H. The minimum atomic E-state index is -5.81. The van der Waals surface area contributed by atoms with Crippen LogP contribution in [0.3, 0.4) is 0 Å². The lowest BCUT2D eigenvalue weighted by Crippen LogP contribution is -2.54. The molecule has 0 aliphatic heterocycles. The maximum Gasteiger partial charge on any atom is 0.372 e. The van der Waals surface area contributed by atoms with Gasteiger partial charge in [0.05, 0.1) is 0 Å². The third kappa shape index (κ3) is 2.36. The van der Waals surface area contributed by atoms with Crippen LogP contribution < -0.4 is 0 Å². The quantitative estimate of drug-likeness (QED) is 0.538. The zero-order valence-corrected chi connectivity index (χ0v) is 7.65. The van der Waals surface area contributed by atoms with Crippen LogP contribution in [0.2, 0.25) is 0 Å². The summed E-state index contributed by atoms with van der Waals surface area (Å²) in [5.41, 5.74) is 0. The summed E-state index contributed by atoms with van der Waals surface area (Å²) < 4.78 is 84.0. The fourth-order valence-electron chi connectivity index (χ4n) is 0.488. The van der Waals surface area contributed by atoms with Crippen LogP contribution in [0.5, 0.6) is 0 Å². The molecule has 0 saturated carbocycles. The Bertz CT molecular complexity index is 193. The SMILES string of the molecule is FC(F)C(F)(F)C(F)(F)C(F)C(Cl)Cl. The first kappa shape index (κ1) is 14.1. The maximum absolute atomic E-state index is 12.3. The normalized spacial score (nSPS) is 16.5. The number of hydrogen-bond acceptors (Lipinski definition) is 0. The van der Waals surface area contributed by atoms with Crippen LogP contribution in [0.4, 0.5) is 30.7 Å². The molecule has 1 atom stereocenters. The molecule has 0 bridgehead atoms. The van der Waals surface area contributed by atoms with Crippen LogP contribution in [0.15, 0.2) is 0 Å². The van der Waals surface area contributed by atoms with Crippen molar-refractivity contribution in [1.29, 1.82) is 0 Å². The molecule has 0 aliphatic carbocycles. The Balaban J connectivity index is 4.93. The highest BCUT2D eigenvalue weighted by Crippen LogP contribution is 2.44. The first-order valence-electron chi connectivity index (χ1n) is 3.01. The summed E-state index contributed by atoms with van der Waals surface area (Å²) in [6.07, 6.45) is -8.47. The van der Waals surface area contributed by atoms with Crippen LogP contribution in [0, 0.1) is 0 Å². The molecule has 0 radical (unpaired) electrons. The lowest BCUT2D eigenvalue weighted by atomic mass is 10.1. The van der Waals surface area contributed by atoms with Crippen LogP contribution in [-0.4, -0.2) is 29.3 Å². The van der Waals surface area contributed by atoms with Crippen molar-refractivity contribution in [1.82, 2.24) is 0 Å². The van der Waals surface area contributed by atoms with Gasteiger partial charge in [0, 0.05) is 0 Å². The van der Waals surface area contributed by atoms with Gasteiger partial charge in [-0.05, 0) is 0 Å². The summed E-state index contributed by atoms with van der Waals surface area (Å²) in [4.78, 5) is -2.52. The molecule has 86 valence electrons. The molecule has 0 aromatic rings. The average Bonchev–Trinajstić information content (AvgIpc) is 2.01. The van der Waals surface area contributed by atoms with E-state index in [-0.39, 0.29) is 0 Å². The lowest BCUT2D eigenvalue weighted by Gasteiger charge is -2.28. The van der Waals surface area contributed by atoms with Crippen LogP contribution >= 0.6 is 23.2 Å². The highest BCUT2D eigenvalue weighted by atomic mass is 35.5. The number of rotatable bonds is 4. The van der Waals surface area contributed by atoms with E-state index in [0.29, 0.717) is 0 Å². The van der Waals surface area contributed by atoms with Crippen molar-refractivity contribution >= 4 is 23.2 Å². The molecule has 0 N–H and O–H groups in total. The van der Waals surface area contributed by atoms with E-state index in [1.165, 1.54) is 0 Å². The van der Waals surface area contributed by atoms with E-state index in [0.717, 1.165) is 0 Å². The predicted molar refractivity (Wildman–Crippen MR) is 36.3 cm³/mol. The Labute approximate surface area is 84.0 Å². The van der Waals surface area contributed by atoms with E-state index in [1.54, 1.807) is 0 Å². The molecule has 0 saturated heterocycles. The van der Waals surface area contributed by atoms with E-state index in [2.05, 4.69) is 23.2 Å². The van der Waals surface area contributed by atoms with E-state index in [1.807, 2.05) is 0 Å². The average molecular weight is 267 g/mol. The van der Waals surface area contributed by atoms with Gasteiger partial charge >= 0.3 is 18.3 Å². The Morgan fingerprint density at radius 1 is 0.786 bits per heavy atom. The fraction of sp³-hybridized carbons (Fsp3) is 1.00. The number of alkyl halides is 9. The maximum atomic E-state index is 12.3. The van der Waals surface area contributed by atoms with Gasteiger partial charge in [-0.3, -0.25) is 0 Å². The zero-order chi connectivity index (χ0) is 11.7. The van der Waals surface area contributed by atoms with Crippen molar-refractivity contribution in [3.8, 4) is 0 Å². The van der Waals surface area contributed by atoms with Crippen LogP contribution in [0.25, 0.3) is 0 Å². The highest BCUT2D eigenvalue weighted by molar-refractivity contribution is 6.44. The topological polar surface area (TPSA) is 0 Å². The Hall–Kier alpha value is 0.0900. The molecule has 0 spiro atoms. The molecule has 0 nitrogen and oxygen atoms in total. The second-order valence-electron chi connectivity index (χ2n) is 2.28. The number of hydrogen-bond donors (Lipinski definition) is 0. The summed E-state index contributed by atoms with van der Waals surface area (Å²) in [5.74, 6) is -11.4. The van der Waals surface area contributed by atoms with Crippen molar-refractivity contribution in [3.05, 3.63) is 0 Å². The molecular formula is C5H3Cl2F7. The molecule has 0 heterocycles. The van der Waals surface area contributed by atoms with Gasteiger partial charge in [0.1, 0.15) is 4.84 Å². The summed E-state index contributed by atoms with van der Waals surface area (Å²) in [7, 11) is 0. The Kier molecular flexibility index (Phi) is 4.33. The zero-order valence-electron chi connectivity index (χ0n) is 6.13. The smallest absolute Gasteiger partial charge is 0.238 e. The Morgan fingerprint density at radius 3 is 1.36 bits per heavy atom. The summed E-state index contributed by atoms with van der Waals surface area (Å²) >= 11 is 9.11. The van der Waals surface area contributed by atoms with Crippen molar-refractivity contribution < 1.29 is 30.7 Å². The van der Waals surface area contributed by atoms with E-state index in [4.69, 9.17) is 0 Å². The molecular weight excluding hydrogens is 264 g/mol. The van der Waals surface area contributed by atoms with Gasteiger partial charge in [0.2, 0.25) is 0 Å². The van der Waals surface area contributed by atoms with Crippen molar-refractivity contribution in [3.63, 3.8) is 0 Å². The molecule has 1 unspecified atom stereocenters. The molecule has 0 fully saturated rings. The molecule has 0 aromatic carbocycles. The van der Waals surface area contributed by atoms with Crippen molar-refractivity contribution in [2.75, 3.05) is 0 Å². The third-order valence-corrected chi connectivity index (χ3v) is 1.73. The molecule has 9 heteroatoms. The minimum absolute atomic E-state index is 2.52. The van der Waals surface area contributed by atoms with Crippen LogP contribution in [0.1, 0.15) is 0 Å². The minimum Gasteiger partial charge on any atom is -0.238 e. The first-order valence-corrected chi connectivity index (χ1v) is 3.88. The van der Waals surface area contributed by atoms with Crippen LogP contribution in [-0.2, 0) is 0 Å². The van der Waals surface area contributed by atoms with E-state index in [9.17, 15) is 30.7 Å². The summed E-state index contributed by atoms with van der Waals surface area (Å²) in [6, 6.07) is 0. The van der Waals surface area contributed by atoms with E-state index < -0.39 is 29.3 Å². The monoisotopic (exact) mass is 266 g/mol. The molecule has 0 aromatic heterocycles. The molecule has 14 heavy (non-hydrogen) atoms. The Morgan fingerprint density at radius 2 is 1.14 bits per heavy atom. The highest BCUT2D eigenvalue weighted by Gasteiger charge is 2.68.